The van der Waals surface area contributed by atoms with Gasteiger partial charge in [-0.1, -0.05) is 297 Å². The summed E-state index contributed by atoms with van der Waals surface area (Å²) >= 11 is 0. The van der Waals surface area contributed by atoms with Crippen molar-refractivity contribution in [2.45, 2.75) is 335 Å². The van der Waals surface area contributed by atoms with Gasteiger partial charge in [0.15, 0.2) is 6.10 Å². The Morgan fingerprint density at radius 3 is 0.753 bits per heavy atom. The first-order valence-electron chi connectivity index (χ1n) is 34.4. The molecule has 0 aromatic rings. The number of esters is 3. The van der Waals surface area contributed by atoms with Crippen LogP contribution < -0.4 is 0 Å². The molecular formula is C75H128O6. The predicted molar refractivity (Wildman–Crippen MR) is 353 cm³/mol. The van der Waals surface area contributed by atoms with E-state index in [4.69, 9.17) is 14.2 Å². The molecule has 81 heavy (non-hydrogen) atoms. The highest BCUT2D eigenvalue weighted by atomic mass is 16.6. The van der Waals surface area contributed by atoms with Gasteiger partial charge in [-0.3, -0.25) is 14.4 Å². The summed E-state index contributed by atoms with van der Waals surface area (Å²) < 4.78 is 17.0. The zero-order chi connectivity index (χ0) is 58.5. The highest BCUT2D eigenvalue weighted by Gasteiger charge is 2.19. The van der Waals surface area contributed by atoms with E-state index in [1.54, 1.807) is 0 Å². The van der Waals surface area contributed by atoms with Gasteiger partial charge < -0.3 is 14.2 Å². The molecule has 0 rings (SSSR count). The molecule has 0 saturated heterocycles. The number of unbranched alkanes of at least 4 members (excludes halogenated alkanes) is 33. The molecule has 0 amide bonds. The standard InChI is InChI=1S/C75H128O6/c1-4-7-10-13-16-19-22-25-28-30-32-33-34-35-36-37-38-39-40-41-43-44-47-50-53-56-59-62-65-68-74(77)80-71-72(70-79-73(76)67-64-61-58-55-52-49-46-27-24-21-18-15-12-9-6-3)81-75(78)69-66-63-60-57-54-51-48-45-42-31-29-26-23-20-17-14-11-8-5-2/h7,9-10,12,16-21,25-29,32-33,46,72H,4-6,8,11,13-15,22-24,30-31,34-45,47-71H2,1-3H3/b10-7-,12-9-,19-16-,20-17-,21-18-,28-25-,29-26-,33-32-,46-27-. The van der Waals surface area contributed by atoms with Gasteiger partial charge in [0, 0.05) is 19.3 Å². The quantitative estimate of drug-likeness (QED) is 0.0261. The number of hydrogen-bond donors (Lipinski definition) is 0. The maximum atomic E-state index is 12.9. The fourth-order valence-corrected chi connectivity index (χ4v) is 9.66. The van der Waals surface area contributed by atoms with E-state index >= 15 is 0 Å². The van der Waals surface area contributed by atoms with Gasteiger partial charge in [-0.15, -0.1) is 0 Å². The third-order valence-electron chi connectivity index (χ3n) is 14.7. The van der Waals surface area contributed by atoms with Gasteiger partial charge in [0.2, 0.25) is 0 Å². The minimum atomic E-state index is -0.790. The van der Waals surface area contributed by atoms with Gasteiger partial charge in [-0.25, -0.2) is 0 Å². The normalized spacial score (nSPS) is 12.8. The summed E-state index contributed by atoms with van der Waals surface area (Å²) in [7, 11) is 0. The molecule has 0 spiro atoms. The van der Waals surface area contributed by atoms with Crippen molar-refractivity contribution in [2.24, 2.45) is 0 Å². The van der Waals surface area contributed by atoms with Crippen LogP contribution in [0.5, 0.6) is 0 Å². The Bertz CT molecular complexity index is 1620. The fraction of sp³-hybridized carbons (Fsp3) is 0.720. The van der Waals surface area contributed by atoms with Crippen LogP contribution in [0.2, 0.25) is 0 Å². The molecule has 6 nitrogen and oxygen atoms in total. The van der Waals surface area contributed by atoms with E-state index in [1.165, 1.54) is 161 Å². The Hall–Kier alpha value is -3.93. The van der Waals surface area contributed by atoms with Gasteiger partial charge in [0.1, 0.15) is 13.2 Å². The van der Waals surface area contributed by atoms with E-state index in [2.05, 4.69) is 130 Å². The summed E-state index contributed by atoms with van der Waals surface area (Å²) in [6.45, 7) is 6.41. The fourth-order valence-electron chi connectivity index (χ4n) is 9.66. The molecule has 0 aromatic heterocycles. The first-order valence-corrected chi connectivity index (χ1v) is 34.4. The van der Waals surface area contributed by atoms with E-state index < -0.39 is 6.10 Å². The maximum absolute atomic E-state index is 12.9. The Kier molecular flexibility index (Phi) is 65.2. The lowest BCUT2D eigenvalue weighted by molar-refractivity contribution is -0.167. The summed E-state index contributed by atoms with van der Waals surface area (Å²) in [5.74, 6) is -0.893. The number of allylic oxidation sites excluding steroid dienone is 18. The zero-order valence-corrected chi connectivity index (χ0v) is 53.3. The highest BCUT2D eigenvalue weighted by molar-refractivity contribution is 5.71. The second-order valence-corrected chi connectivity index (χ2v) is 22.7. The van der Waals surface area contributed by atoms with Crippen molar-refractivity contribution in [2.75, 3.05) is 13.2 Å². The van der Waals surface area contributed by atoms with Crippen molar-refractivity contribution < 1.29 is 28.6 Å². The molecule has 464 valence electrons. The van der Waals surface area contributed by atoms with Crippen LogP contribution in [0.4, 0.5) is 0 Å². The Morgan fingerprint density at radius 1 is 0.259 bits per heavy atom. The number of carbonyl (C=O) groups is 3. The second kappa shape index (κ2) is 68.6. The molecule has 6 heteroatoms. The molecule has 1 atom stereocenters. The lowest BCUT2D eigenvalue weighted by atomic mass is 10.0. The van der Waals surface area contributed by atoms with Crippen LogP contribution in [0.1, 0.15) is 329 Å². The molecule has 0 N–H and O–H groups in total. The van der Waals surface area contributed by atoms with Gasteiger partial charge in [0.25, 0.3) is 0 Å². The lowest BCUT2D eigenvalue weighted by Crippen LogP contribution is -2.30. The molecule has 0 aliphatic rings. The van der Waals surface area contributed by atoms with E-state index in [0.717, 1.165) is 128 Å². The molecular weight excluding hydrogens is 997 g/mol. The van der Waals surface area contributed by atoms with E-state index in [-0.39, 0.29) is 31.1 Å². The van der Waals surface area contributed by atoms with Gasteiger partial charge >= 0.3 is 17.9 Å². The van der Waals surface area contributed by atoms with Gasteiger partial charge in [0.05, 0.1) is 0 Å². The average Bonchev–Trinajstić information content (AvgIpc) is 3.47. The largest absolute Gasteiger partial charge is 0.462 e. The van der Waals surface area contributed by atoms with Crippen LogP contribution in [0.3, 0.4) is 0 Å². The SMILES string of the molecule is CC/C=C\C/C=C\C/C=C\C/C=C\CCCCCCCCCCCCCCCCCCC(=O)OCC(COC(=O)CCCCCCC/C=C\C/C=C\C/C=C\CC)OC(=O)CCCCCCCCCCC/C=C\C/C=C\CCCCC. The third kappa shape index (κ3) is 66.8. The summed E-state index contributed by atoms with van der Waals surface area (Å²) in [6.07, 6.45) is 93.9. The molecule has 0 saturated carbocycles. The minimum absolute atomic E-state index is 0.0839. The first-order chi connectivity index (χ1) is 40.0. The van der Waals surface area contributed by atoms with Crippen LogP contribution in [-0.2, 0) is 28.6 Å². The summed E-state index contributed by atoms with van der Waals surface area (Å²) in [4.78, 5) is 38.4. The van der Waals surface area contributed by atoms with Gasteiger partial charge in [-0.05, 0) is 122 Å². The Balaban J connectivity index is 4.28. The number of rotatable bonds is 62. The lowest BCUT2D eigenvalue weighted by Gasteiger charge is -2.18. The average molecular weight is 1130 g/mol. The maximum Gasteiger partial charge on any atom is 0.306 e. The van der Waals surface area contributed by atoms with E-state index in [9.17, 15) is 14.4 Å². The van der Waals surface area contributed by atoms with Crippen molar-refractivity contribution in [3.8, 4) is 0 Å². The molecule has 0 aliphatic carbocycles. The van der Waals surface area contributed by atoms with Crippen molar-refractivity contribution >= 4 is 17.9 Å². The smallest absolute Gasteiger partial charge is 0.306 e. The molecule has 0 fully saturated rings. The Morgan fingerprint density at radius 2 is 0.481 bits per heavy atom. The molecule has 0 radical (unpaired) electrons. The molecule has 0 aromatic carbocycles. The van der Waals surface area contributed by atoms with Crippen LogP contribution in [0.25, 0.3) is 0 Å². The molecule has 1 unspecified atom stereocenters. The molecule has 0 heterocycles. The van der Waals surface area contributed by atoms with Crippen LogP contribution in [0, 0.1) is 0 Å². The predicted octanol–water partition coefficient (Wildman–Crippen LogP) is 23.8. The Labute approximate surface area is 501 Å². The van der Waals surface area contributed by atoms with E-state index in [0.29, 0.717) is 19.3 Å². The number of hydrogen-bond acceptors (Lipinski definition) is 6. The van der Waals surface area contributed by atoms with E-state index in [1.807, 2.05) is 0 Å². The van der Waals surface area contributed by atoms with Crippen molar-refractivity contribution in [1.29, 1.82) is 0 Å². The summed E-state index contributed by atoms with van der Waals surface area (Å²) in [6, 6.07) is 0. The van der Waals surface area contributed by atoms with Crippen LogP contribution in [0.15, 0.2) is 109 Å². The topological polar surface area (TPSA) is 78.9 Å². The minimum Gasteiger partial charge on any atom is -0.462 e. The number of ether oxygens (including phenoxy) is 3. The number of carbonyl (C=O) groups excluding carboxylic acids is 3. The van der Waals surface area contributed by atoms with Crippen LogP contribution >= 0.6 is 0 Å². The molecule has 0 aliphatic heterocycles. The highest BCUT2D eigenvalue weighted by Crippen LogP contribution is 2.17. The van der Waals surface area contributed by atoms with Crippen molar-refractivity contribution in [3.63, 3.8) is 0 Å². The zero-order valence-electron chi connectivity index (χ0n) is 53.3. The first kappa shape index (κ1) is 77.1. The third-order valence-corrected chi connectivity index (χ3v) is 14.7. The van der Waals surface area contributed by atoms with Crippen molar-refractivity contribution in [1.82, 2.24) is 0 Å². The van der Waals surface area contributed by atoms with Gasteiger partial charge in [-0.2, -0.15) is 0 Å². The van der Waals surface area contributed by atoms with Crippen molar-refractivity contribution in [3.05, 3.63) is 109 Å². The monoisotopic (exact) mass is 1120 g/mol. The summed E-state index contributed by atoms with van der Waals surface area (Å²) in [5, 5.41) is 0. The van der Waals surface area contributed by atoms with Crippen LogP contribution in [-0.4, -0.2) is 37.2 Å². The molecule has 0 bridgehead atoms. The summed E-state index contributed by atoms with van der Waals surface area (Å²) in [5.41, 5.74) is 0. The second-order valence-electron chi connectivity index (χ2n) is 22.7.